The quantitative estimate of drug-likeness (QED) is 0.506. The Morgan fingerprint density at radius 2 is 1.75 bits per heavy atom. The van der Waals surface area contributed by atoms with Crippen LogP contribution in [-0.2, 0) is 0 Å². The molecule has 8 heteroatoms. The van der Waals surface area contributed by atoms with Crippen LogP contribution >= 0.6 is 0 Å². The van der Waals surface area contributed by atoms with Crippen LogP contribution in [-0.4, -0.2) is 19.9 Å². The first-order valence-corrected chi connectivity index (χ1v) is 8.11. The Balaban J connectivity index is 1.52. The van der Waals surface area contributed by atoms with Crippen LogP contribution in [0.5, 0.6) is 23.5 Å². The number of benzene rings is 2. The Labute approximate surface area is 158 Å². The fourth-order valence-electron chi connectivity index (χ4n) is 2.26. The van der Waals surface area contributed by atoms with Gasteiger partial charge < -0.3 is 9.47 Å². The zero-order valence-corrected chi connectivity index (χ0v) is 14.2. The summed E-state index contributed by atoms with van der Waals surface area (Å²) in [5, 5.41) is 0. The smallest absolute Gasteiger partial charge is 0.322 e. The third-order valence-electron chi connectivity index (χ3n) is 3.53. The van der Waals surface area contributed by atoms with Crippen molar-refractivity contribution in [1.29, 1.82) is 0 Å². The van der Waals surface area contributed by atoms with Crippen LogP contribution in [0.25, 0.3) is 11.3 Å². The summed E-state index contributed by atoms with van der Waals surface area (Å²) in [6.07, 6.45) is 5.64. The van der Waals surface area contributed by atoms with Crippen molar-refractivity contribution in [2.75, 3.05) is 0 Å². The number of rotatable bonds is 5. The lowest BCUT2D eigenvalue weighted by Crippen LogP contribution is -1.97. The Hall–Kier alpha value is -3.94. The molecule has 4 aromatic rings. The Bertz CT molecular complexity index is 1110. The highest BCUT2D eigenvalue weighted by atomic mass is 19.1. The number of para-hydroxylation sites is 1. The molecule has 0 saturated carbocycles. The van der Waals surface area contributed by atoms with Gasteiger partial charge in [-0.25, -0.2) is 18.7 Å². The highest BCUT2D eigenvalue weighted by molar-refractivity contribution is 5.56. The van der Waals surface area contributed by atoms with E-state index in [0.717, 1.165) is 0 Å². The third kappa shape index (κ3) is 4.07. The average molecular weight is 377 g/mol. The maximum absolute atomic E-state index is 13.6. The molecular weight excluding hydrogens is 366 g/mol. The molecule has 0 aliphatic carbocycles. The first-order chi connectivity index (χ1) is 13.7. The van der Waals surface area contributed by atoms with Crippen molar-refractivity contribution in [3.05, 3.63) is 84.8 Å². The van der Waals surface area contributed by atoms with Gasteiger partial charge in [-0.2, -0.15) is 9.97 Å². The Kier molecular flexibility index (Phi) is 4.83. The van der Waals surface area contributed by atoms with Crippen LogP contribution in [0.15, 0.2) is 67.0 Å². The number of ether oxygens (including phenoxy) is 2. The number of aromatic nitrogens is 4. The largest absolute Gasteiger partial charge is 0.424 e. The second-order valence-electron chi connectivity index (χ2n) is 5.49. The minimum Gasteiger partial charge on any atom is -0.424 e. The summed E-state index contributed by atoms with van der Waals surface area (Å²) in [4.78, 5) is 16.2. The molecule has 0 bridgehead atoms. The molecule has 2 aromatic carbocycles. The fraction of sp³-hybridized carbons (Fsp3) is 0. The van der Waals surface area contributed by atoms with Crippen LogP contribution in [0.3, 0.4) is 0 Å². The van der Waals surface area contributed by atoms with Crippen LogP contribution in [0.2, 0.25) is 0 Å². The van der Waals surface area contributed by atoms with Crippen molar-refractivity contribution in [2.24, 2.45) is 0 Å². The van der Waals surface area contributed by atoms with Crippen LogP contribution in [0.4, 0.5) is 8.78 Å². The van der Waals surface area contributed by atoms with E-state index in [1.165, 1.54) is 42.7 Å². The summed E-state index contributed by atoms with van der Waals surface area (Å²) in [5.41, 5.74) is 0.895. The van der Waals surface area contributed by atoms with Crippen molar-refractivity contribution in [2.45, 2.75) is 0 Å². The molecule has 137 valence electrons. The van der Waals surface area contributed by atoms with Crippen molar-refractivity contribution >= 4 is 0 Å². The van der Waals surface area contributed by atoms with E-state index in [0.29, 0.717) is 11.3 Å². The van der Waals surface area contributed by atoms with Gasteiger partial charge in [0.15, 0.2) is 11.6 Å². The Morgan fingerprint density at radius 1 is 0.857 bits per heavy atom. The van der Waals surface area contributed by atoms with Gasteiger partial charge in [0.25, 0.3) is 0 Å². The second-order valence-corrected chi connectivity index (χ2v) is 5.49. The van der Waals surface area contributed by atoms with Gasteiger partial charge in [0.1, 0.15) is 17.8 Å². The predicted molar refractivity (Wildman–Crippen MR) is 94.8 cm³/mol. The lowest BCUT2D eigenvalue weighted by atomic mass is 10.2. The summed E-state index contributed by atoms with van der Waals surface area (Å²) >= 11 is 0. The molecule has 0 amide bonds. The van der Waals surface area contributed by atoms with Crippen molar-refractivity contribution in [3.8, 4) is 34.8 Å². The molecule has 0 unspecified atom stereocenters. The number of hydrogen-bond acceptors (Lipinski definition) is 6. The van der Waals surface area contributed by atoms with Crippen molar-refractivity contribution in [1.82, 2.24) is 19.9 Å². The maximum Gasteiger partial charge on any atom is 0.322 e. The molecule has 4 rings (SSSR count). The molecule has 0 fully saturated rings. The summed E-state index contributed by atoms with van der Waals surface area (Å²) < 4.78 is 37.6. The first-order valence-electron chi connectivity index (χ1n) is 8.11. The highest BCUT2D eigenvalue weighted by Gasteiger charge is 2.09. The van der Waals surface area contributed by atoms with E-state index in [9.17, 15) is 8.78 Å². The van der Waals surface area contributed by atoms with Gasteiger partial charge in [-0.1, -0.05) is 18.2 Å². The van der Waals surface area contributed by atoms with Gasteiger partial charge in [-0.3, -0.25) is 0 Å². The van der Waals surface area contributed by atoms with Crippen LogP contribution in [0.1, 0.15) is 0 Å². The normalized spacial score (nSPS) is 10.5. The summed E-state index contributed by atoms with van der Waals surface area (Å²) in [6.45, 7) is 0. The molecule has 0 aliphatic rings. The topological polar surface area (TPSA) is 70.0 Å². The molecule has 28 heavy (non-hydrogen) atoms. The molecule has 2 aromatic heterocycles. The lowest BCUT2D eigenvalue weighted by Gasteiger charge is -2.06. The number of halogens is 2. The molecule has 0 spiro atoms. The lowest BCUT2D eigenvalue weighted by molar-refractivity contribution is 0.411. The van der Waals surface area contributed by atoms with Gasteiger partial charge in [0.2, 0.25) is 0 Å². The van der Waals surface area contributed by atoms with E-state index in [4.69, 9.17) is 9.47 Å². The average Bonchev–Trinajstić information content (AvgIpc) is 2.71. The van der Waals surface area contributed by atoms with Gasteiger partial charge >= 0.3 is 12.0 Å². The van der Waals surface area contributed by atoms with E-state index < -0.39 is 11.6 Å². The fourth-order valence-corrected chi connectivity index (χ4v) is 2.26. The standard InChI is InChI=1S/C20H11F2N4O2/c21-14-4-3-5-15(10-14)27-20-23-9-8-17(26-20)13-11-24-19(25-12-13)28-18-7-2-1-6-16(18)22/h1-11H. The van der Waals surface area contributed by atoms with Gasteiger partial charge in [-0.05, 0) is 30.3 Å². The summed E-state index contributed by atoms with van der Waals surface area (Å²) in [5.74, 6) is -0.673. The zero-order chi connectivity index (χ0) is 19.3. The third-order valence-corrected chi connectivity index (χ3v) is 3.53. The first kappa shape index (κ1) is 17.5. The molecule has 0 aliphatic heterocycles. The summed E-state index contributed by atoms with van der Waals surface area (Å²) in [6, 6.07) is 13.2. The molecule has 2 heterocycles. The minimum atomic E-state index is -0.523. The van der Waals surface area contributed by atoms with E-state index in [1.54, 1.807) is 24.3 Å². The maximum atomic E-state index is 13.6. The van der Waals surface area contributed by atoms with E-state index in [2.05, 4.69) is 26.1 Å². The number of nitrogens with zero attached hydrogens (tertiary/aromatic N) is 4. The number of hydrogen-bond donors (Lipinski definition) is 0. The Morgan fingerprint density at radius 3 is 2.54 bits per heavy atom. The zero-order valence-electron chi connectivity index (χ0n) is 14.2. The second kappa shape index (κ2) is 7.75. The molecule has 0 atom stereocenters. The molecule has 1 radical (unpaired) electrons. The minimum absolute atomic E-state index is 0.0106. The summed E-state index contributed by atoms with van der Waals surface area (Å²) in [7, 11) is 0. The van der Waals surface area contributed by atoms with Gasteiger partial charge in [0.05, 0.1) is 5.69 Å². The van der Waals surface area contributed by atoms with Crippen LogP contribution in [0, 0.1) is 17.8 Å². The molecule has 0 N–H and O–H groups in total. The monoisotopic (exact) mass is 377 g/mol. The van der Waals surface area contributed by atoms with Gasteiger partial charge in [0, 0.05) is 24.0 Å². The van der Waals surface area contributed by atoms with Crippen molar-refractivity contribution < 1.29 is 18.3 Å². The highest BCUT2D eigenvalue weighted by Crippen LogP contribution is 2.24. The van der Waals surface area contributed by atoms with Crippen molar-refractivity contribution in [3.63, 3.8) is 0 Å². The van der Waals surface area contributed by atoms with Crippen LogP contribution < -0.4 is 9.47 Å². The van der Waals surface area contributed by atoms with E-state index in [-0.39, 0.29) is 23.5 Å². The SMILES string of the molecule is Fc1cccc(Oc2nccc(-c3[c]nc(Oc4ccccc4F)nc3)n2)c1. The van der Waals surface area contributed by atoms with E-state index >= 15 is 0 Å². The van der Waals surface area contributed by atoms with E-state index in [1.807, 2.05) is 0 Å². The van der Waals surface area contributed by atoms with Gasteiger partial charge in [-0.15, -0.1) is 0 Å². The predicted octanol–water partition coefficient (Wildman–Crippen LogP) is 4.60. The molecule has 0 saturated heterocycles. The molecule has 6 nitrogen and oxygen atoms in total. The molecular formula is C20H11F2N4O2.